The Balaban J connectivity index is 1.81. The predicted octanol–water partition coefficient (Wildman–Crippen LogP) is 0.123. The van der Waals surface area contributed by atoms with Gasteiger partial charge in [-0.2, -0.15) is 0 Å². The number of piperazine rings is 1. The molecule has 6 nitrogen and oxygen atoms in total. The van der Waals surface area contributed by atoms with Gasteiger partial charge in [0.1, 0.15) is 0 Å². The van der Waals surface area contributed by atoms with Gasteiger partial charge < -0.3 is 15.1 Å². The summed E-state index contributed by atoms with van der Waals surface area (Å²) in [5.74, 6) is 0.914. The van der Waals surface area contributed by atoms with Crippen LogP contribution in [-0.4, -0.2) is 59.5 Å². The summed E-state index contributed by atoms with van der Waals surface area (Å²) in [5.41, 5.74) is 0. The van der Waals surface area contributed by atoms with E-state index in [0.29, 0.717) is 12.6 Å². The zero-order valence-corrected chi connectivity index (χ0v) is 11.5. The highest BCUT2D eigenvalue weighted by molar-refractivity contribution is 5.78. The molecule has 0 unspecified atom stereocenters. The SMILES string of the molecule is CC(C)NCC(=O)N1CCN(c2ncccn2)CC1. The molecular formula is C13H21N5O. The minimum atomic E-state index is 0.169. The molecule has 0 aliphatic carbocycles. The van der Waals surface area contributed by atoms with Crippen molar-refractivity contribution in [3.05, 3.63) is 18.5 Å². The van der Waals surface area contributed by atoms with Crippen LogP contribution in [0.1, 0.15) is 13.8 Å². The molecule has 1 N–H and O–H groups in total. The molecule has 2 heterocycles. The van der Waals surface area contributed by atoms with Crippen LogP contribution in [0.3, 0.4) is 0 Å². The molecule has 0 aromatic carbocycles. The first-order valence-corrected chi connectivity index (χ1v) is 6.70. The maximum atomic E-state index is 12.0. The summed E-state index contributed by atoms with van der Waals surface area (Å²) < 4.78 is 0. The first-order chi connectivity index (χ1) is 9.16. The van der Waals surface area contributed by atoms with Gasteiger partial charge in [-0.05, 0) is 6.07 Å². The first kappa shape index (κ1) is 13.7. The van der Waals surface area contributed by atoms with E-state index in [-0.39, 0.29) is 5.91 Å². The molecule has 6 heteroatoms. The summed E-state index contributed by atoms with van der Waals surface area (Å²) in [5, 5.41) is 3.16. The highest BCUT2D eigenvalue weighted by atomic mass is 16.2. The fraction of sp³-hybridized carbons (Fsp3) is 0.615. The molecule has 0 bridgehead atoms. The highest BCUT2D eigenvalue weighted by Crippen LogP contribution is 2.09. The Labute approximate surface area is 113 Å². The van der Waals surface area contributed by atoms with Crippen LogP contribution in [0.5, 0.6) is 0 Å². The number of anilines is 1. The van der Waals surface area contributed by atoms with E-state index in [1.165, 1.54) is 0 Å². The van der Waals surface area contributed by atoms with Crippen LogP contribution in [0.15, 0.2) is 18.5 Å². The lowest BCUT2D eigenvalue weighted by Crippen LogP contribution is -2.51. The van der Waals surface area contributed by atoms with Crippen LogP contribution in [-0.2, 0) is 4.79 Å². The third kappa shape index (κ3) is 3.89. The third-order valence-corrected chi connectivity index (χ3v) is 3.13. The number of nitrogens with one attached hydrogen (secondary N) is 1. The van der Waals surface area contributed by atoms with E-state index in [9.17, 15) is 4.79 Å². The van der Waals surface area contributed by atoms with E-state index < -0.39 is 0 Å². The van der Waals surface area contributed by atoms with Gasteiger partial charge in [0.05, 0.1) is 6.54 Å². The van der Waals surface area contributed by atoms with Crippen molar-refractivity contribution in [3.8, 4) is 0 Å². The summed E-state index contributed by atoms with van der Waals surface area (Å²) in [6, 6.07) is 2.14. The molecule has 0 saturated carbocycles. The lowest BCUT2D eigenvalue weighted by atomic mass is 10.3. The van der Waals surface area contributed by atoms with Crippen molar-refractivity contribution in [2.45, 2.75) is 19.9 Å². The van der Waals surface area contributed by atoms with Crippen molar-refractivity contribution >= 4 is 11.9 Å². The van der Waals surface area contributed by atoms with Gasteiger partial charge in [0.15, 0.2) is 0 Å². The zero-order chi connectivity index (χ0) is 13.7. The van der Waals surface area contributed by atoms with Crippen molar-refractivity contribution in [3.63, 3.8) is 0 Å². The number of aromatic nitrogens is 2. The molecule has 1 aliphatic heterocycles. The number of rotatable bonds is 4. The molecule has 1 aromatic heterocycles. The standard InChI is InChI=1S/C13H21N5O/c1-11(2)16-10-12(19)17-6-8-18(9-7-17)13-14-4-3-5-15-13/h3-5,11,16H,6-10H2,1-2H3. The number of hydrogen-bond acceptors (Lipinski definition) is 5. The van der Waals surface area contributed by atoms with Gasteiger partial charge in [-0.3, -0.25) is 4.79 Å². The quantitative estimate of drug-likeness (QED) is 0.836. The summed E-state index contributed by atoms with van der Waals surface area (Å²) in [6.45, 7) is 7.54. The van der Waals surface area contributed by atoms with Gasteiger partial charge in [-0.25, -0.2) is 9.97 Å². The van der Waals surface area contributed by atoms with Crippen LogP contribution in [0.2, 0.25) is 0 Å². The number of hydrogen-bond donors (Lipinski definition) is 1. The molecule has 1 aromatic rings. The molecule has 0 spiro atoms. The smallest absolute Gasteiger partial charge is 0.236 e. The monoisotopic (exact) mass is 263 g/mol. The number of amides is 1. The number of carbonyl (C=O) groups is 1. The molecular weight excluding hydrogens is 242 g/mol. The highest BCUT2D eigenvalue weighted by Gasteiger charge is 2.22. The van der Waals surface area contributed by atoms with Crippen molar-refractivity contribution in [1.29, 1.82) is 0 Å². The Hall–Kier alpha value is -1.69. The fourth-order valence-electron chi connectivity index (χ4n) is 2.01. The van der Waals surface area contributed by atoms with E-state index in [1.54, 1.807) is 18.5 Å². The van der Waals surface area contributed by atoms with Gasteiger partial charge in [-0.15, -0.1) is 0 Å². The third-order valence-electron chi connectivity index (χ3n) is 3.13. The molecule has 1 amide bonds. The van der Waals surface area contributed by atoms with Crippen molar-refractivity contribution in [2.24, 2.45) is 0 Å². The van der Waals surface area contributed by atoms with E-state index >= 15 is 0 Å². The van der Waals surface area contributed by atoms with E-state index in [4.69, 9.17) is 0 Å². The molecule has 2 rings (SSSR count). The molecule has 1 fully saturated rings. The van der Waals surface area contributed by atoms with Crippen LogP contribution < -0.4 is 10.2 Å². The van der Waals surface area contributed by atoms with Crippen LogP contribution in [0.4, 0.5) is 5.95 Å². The maximum Gasteiger partial charge on any atom is 0.236 e. The van der Waals surface area contributed by atoms with Gasteiger partial charge in [-0.1, -0.05) is 13.8 Å². The topological polar surface area (TPSA) is 61.4 Å². The van der Waals surface area contributed by atoms with E-state index in [2.05, 4.69) is 20.2 Å². The van der Waals surface area contributed by atoms with E-state index in [0.717, 1.165) is 32.1 Å². The predicted molar refractivity (Wildman–Crippen MR) is 74.0 cm³/mol. The second-order valence-electron chi connectivity index (χ2n) is 4.95. The lowest BCUT2D eigenvalue weighted by molar-refractivity contribution is -0.130. The Kier molecular flexibility index (Phi) is 4.68. The Morgan fingerprint density at radius 1 is 1.26 bits per heavy atom. The molecule has 1 aliphatic rings. The molecule has 104 valence electrons. The second-order valence-corrected chi connectivity index (χ2v) is 4.95. The van der Waals surface area contributed by atoms with E-state index in [1.807, 2.05) is 18.7 Å². The fourth-order valence-corrected chi connectivity index (χ4v) is 2.01. The minimum Gasteiger partial charge on any atom is -0.338 e. The van der Waals surface area contributed by atoms with Crippen molar-refractivity contribution < 1.29 is 4.79 Å². The first-order valence-electron chi connectivity index (χ1n) is 6.70. The van der Waals surface area contributed by atoms with Gasteiger partial charge in [0.2, 0.25) is 11.9 Å². The Bertz CT molecular complexity index is 401. The normalized spacial score (nSPS) is 15.9. The number of carbonyl (C=O) groups excluding carboxylic acids is 1. The van der Waals surface area contributed by atoms with Crippen molar-refractivity contribution in [1.82, 2.24) is 20.2 Å². The summed E-state index contributed by atoms with van der Waals surface area (Å²) in [6.07, 6.45) is 3.48. The summed E-state index contributed by atoms with van der Waals surface area (Å²) >= 11 is 0. The average molecular weight is 263 g/mol. The van der Waals surface area contributed by atoms with Crippen LogP contribution in [0, 0.1) is 0 Å². The summed E-state index contributed by atoms with van der Waals surface area (Å²) in [4.78, 5) is 24.4. The minimum absolute atomic E-state index is 0.169. The Morgan fingerprint density at radius 2 is 1.89 bits per heavy atom. The maximum absolute atomic E-state index is 12.0. The Morgan fingerprint density at radius 3 is 2.47 bits per heavy atom. The lowest BCUT2D eigenvalue weighted by Gasteiger charge is -2.34. The zero-order valence-electron chi connectivity index (χ0n) is 11.5. The largest absolute Gasteiger partial charge is 0.338 e. The average Bonchev–Trinajstić information content (AvgIpc) is 2.46. The molecule has 19 heavy (non-hydrogen) atoms. The molecule has 1 saturated heterocycles. The molecule has 0 radical (unpaired) electrons. The van der Waals surface area contributed by atoms with Crippen LogP contribution >= 0.6 is 0 Å². The van der Waals surface area contributed by atoms with Crippen LogP contribution in [0.25, 0.3) is 0 Å². The summed E-state index contributed by atoms with van der Waals surface area (Å²) in [7, 11) is 0. The van der Waals surface area contributed by atoms with Gasteiger partial charge in [0, 0.05) is 44.6 Å². The van der Waals surface area contributed by atoms with Gasteiger partial charge >= 0.3 is 0 Å². The van der Waals surface area contributed by atoms with Crippen molar-refractivity contribution in [2.75, 3.05) is 37.6 Å². The molecule has 0 atom stereocenters. The van der Waals surface area contributed by atoms with Gasteiger partial charge in [0.25, 0.3) is 0 Å². The number of nitrogens with zero attached hydrogens (tertiary/aromatic N) is 4. The second kappa shape index (κ2) is 6.47.